The van der Waals surface area contributed by atoms with Gasteiger partial charge in [0.15, 0.2) is 0 Å². The Morgan fingerprint density at radius 3 is 2.71 bits per heavy atom. The Kier molecular flexibility index (Phi) is 4.44. The van der Waals surface area contributed by atoms with Crippen molar-refractivity contribution in [3.8, 4) is 0 Å². The van der Waals surface area contributed by atoms with Gasteiger partial charge in [0.2, 0.25) is 10.1 Å². The van der Waals surface area contributed by atoms with E-state index in [1.165, 1.54) is 21.9 Å². The Bertz CT molecular complexity index is 919. The first-order valence-electron chi connectivity index (χ1n) is 7.90. The highest BCUT2D eigenvalue weighted by Crippen LogP contribution is 2.29. The number of hydrogen-bond acceptors (Lipinski definition) is 7. The van der Waals surface area contributed by atoms with E-state index < -0.39 is 0 Å². The Labute approximate surface area is 148 Å². The second-order valence-corrected chi connectivity index (χ2v) is 8.57. The van der Waals surface area contributed by atoms with Crippen LogP contribution in [-0.4, -0.2) is 19.6 Å². The van der Waals surface area contributed by atoms with Crippen LogP contribution in [0.25, 0.3) is 4.96 Å². The van der Waals surface area contributed by atoms with E-state index in [9.17, 15) is 4.79 Å². The van der Waals surface area contributed by atoms with Crippen molar-refractivity contribution in [1.82, 2.24) is 19.6 Å². The van der Waals surface area contributed by atoms with Crippen LogP contribution in [0.4, 0.5) is 5.13 Å². The zero-order valence-corrected chi connectivity index (χ0v) is 16.1. The summed E-state index contributed by atoms with van der Waals surface area (Å²) in [6, 6.07) is 1.56. The Hall–Kier alpha value is -1.80. The maximum absolute atomic E-state index is 12.1. The van der Waals surface area contributed by atoms with Crippen molar-refractivity contribution in [3.63, 3.8) is 0 Å². The number of rotatable bonds is 4. The number of anilines is 1. The number of aromatic nitrogens is 4. The molecule has 3 aromatic rings. The SMILES string of the molecule is CCc1cc(=O)n2nc(NC(C)c3nc(C(C)(C)C)cs3)sc2n1. The molecule has 0 aromatic carbocycles. The van der Waals surface area contributed by atoms with Crippen molar-refractivity contribution in [2.75, 3.05) is 5.32 Å². The molecule has 128 valence electrons. The third-order valence-electron chi connectivity index (χ3n) is 3.66. The summed E-state index contributed by atoms with van der Waals surface area (Å²) in [5, 5.41) is 11.5. The van der Waals surface area contributed by atoms with Gasteiger partial charge in [0.25, 0.3) is 5.56 Å². The predicted octanol–water partition coefficient (Wildman–Crippen LogP) is 3.64. The van der Waals surface area contributed by atoms with Crippen LogP contribution in [0.2, 0.25) is 0 Å². The second kappa shape index (κ2) is 6.25. The number of thiazole rings is 1. The first-order valence-corrected chi connectivity index (χ1v) is 9.59. The van der Waals surface area contributed by atoms with Gasteiger partial charge in [0, 0.05) is 22.6 Å². The lowest BCUT2D eigenvalue weighted by atomic mass is 9.93. The lowest BCUT2D eigenvalue weighted by molar-refractivity contribution is 0.569. The van der Waals surface area contributed by atoms with Gasteiger partial charge in [-0.2, -0.15) is 4.52 Å². The first-order chi connectivity index (χ1) is 11.3. The molecule has 3 rings (SSSR count). The zero-order valence-electron chi connectivity index (χ0n) is 14.5. The summed E-state index contributed by atoms with van der Waals surface area (Å²) in [5.74, 6) is 0. The van der Waals surface area contributed by atoms with Gasteiger partial charge >= 0.3 is 0 Å². The van der Waals surface area contributed by atoms with Crippen molar-refractivity contribution in [3.05, 3.63) is 38.2 Å². The fourth-order valence-corrected chi connectivity index (χ4v) is 4.14. The van der Waals surface area contributed by atoms with Crippen LogP contribution in [0.5, 0.6) is 0 Å². The molecule has 0 aliphatic rings. The molecule has 0 spiro atoms. The Morgan fingerprint density at radius 2 is 2.08 bits per heavy atom. The number of nitrogens with zero attached hydrogens (tertiary/aromatic N) is 4. The summed E-state index contributed by atoms with van der Waals surface area (Å²) in [6.45, 7) is 10.5. The maximum atomic E-state index is 12.1. The highest BCUT2D eigenvalue weighted by Gasteiger charge is 2.20. The topological polar surface area (TPSA) is 72.2 Å². The fourth-order valence-electron chi connectivity index (χ4n) is 2.17. The van der Waals surface area contributed by atoms with E-state index in [0.29, 0.717) is 10.1 Å². The molecule has 0 radical (unpaired) electrons. The van der Waals surface area contributed by atoms with E-state index in [1.54, 1.807) is 11.3 Å². The lowest BCUT2D eigenvalue weighted by Gasteiger charge is -2.15. The molecule has 1 N–H and O–H groups in total. The smallest absolute Gasteiger partial charge is 0.275 e. The minimum atomic E-state index is -0.141. The van der Waals surface area contributed by atoms with E-state index in [-0.39, 0.29) is 17.0 Å². The first kappa shape index (κ1) is 17.0. The number of fused-ring (bicyclic) bond motifs is 1. The predicted molar refractivity (Wildman–Crippen MR) is 99.4 cm³/mol. The summed E-state index contributed by atoms with van der Waals surface area (Å²) in [6.07, 6.45) is 0.734. The van der Waals surface area contributed by atoms with Gasteiger partial charge in [0.1, 0.15) is 5.01 Å². The van der Waals surface area contributed by atoms with Gasteiger partial charge in [-0.3, -0.25) is 4.79 Å². The van der Waals surface area contributed by atoms with Crippen LogP contribution in [0.1, 0.15) is 57.1 Å². The Morgan fingerprint density at radius 1 is 1.33 bits per heavy atom. The number of aryl methyl sites for hydroxylation is 1. The molecule has 3 aromatic heterocycles. The molecule has 0 saturated carbocycles. The summed E-state index contributed by atoms with van der Waals surface area (Å²) in [7, 11) is 0. The van der Waals surface area contributed by atoms with Crippen molar-refractivity contribution in [1.29, 1.82) is 0 Å². The lowest BCUT2D eigenvalue weighted by Crippen LogP contribution is -2.15. The van der Waals surface area contributed by atoms with E-state index in [1.807, 2.05) is 13.8 Å². The molecule has 24 heavy (non-hydrogen) atoms. The van der Waals surface area contributed by atoms with Crippen molar-refractivity contribution in [2.24, 2.45) is 0 Å². The minimum absolute atomic E-state index is 0.0213. The molecule has 0 saturated heterocycles. The molecule has 0 bridgehead atoms. The van der Waals surface area contributed by atoms with Crippen LogP contribution in [-0.2, 0) is 11.8 Å². The number of nitrogens with one attached hydrogen (secondary N) is 1. The summed E-state index contributed by atoms with van der Waals surface area (Å²) >= 11 is 3.02. The van der Waals surface area contributed by atoms with Crippen LogP contribution in [0.15, 0.2) is 16.2 Å². The molecule has 3 heterocycles. The Balaban J connectivity index is 1.85. The molecule has 0 amide bonds. The normalized spacial score (nSPS) is 13.4. The number of hydrogen-bond donors (Lipinski definition) is 1. The average molecular weight is 364 g/mol. The molecule has 0 aliphatic carbocycles. The van der Waals surface area contributed by atoms with Gasteiger partial charge in [-0.05, 0) is 13.3 Å². The van der Waals surface area contributed by atoms with Crippen LogP contribution in [0, 0.1) is 0 Å². The molecule has 6 nitrogen and oxygen atoms in total. The molecule has 8 heteroatoms. The van der Waals surface area contributed by atoms with Crippen molar-refractivity contribution < 1.29 is 0 Å². The van der Waals surface area contributed by atoms with Crippen LogP contribution in [0.3, 0.4) is 0 Å². The highest BCUT2D eigenvalue weighted by molar-refractivity contribution is 7.20. The van der Waals surface area contributed by atoms with Gasteiger partial charge in [-0.25, -0.2) is 9.97 Å². The maximum Gasteiger partial charge on any atom is 0.275 e. The monoisotopic (exact) mass is 363 g/mol. The van der Waals surface area contributed by atoms with E-state index in [4.69, 9.17) is 4.98 Å². The van der Waals surface area contributed by atoms with Gasteiger partial charge in [0.05, 0.1) is 11.7 Å². The molecule has 0 aliphatic heterocycles. The standard InChI is InChI=1S/C16H21N5OS2/c1-6-10-7-12(22)21-15(18-10)24-14(20-21)17-9(2)13-19-11(8-23-13)16(3,4)5/h7-9H,6H2,1-5H3,(H,17,20). The largest absolute Gasteiger partial charge is 0.351 e. The van der Waals surface area contributed by atoms with Crippen molar-refractivity contribution in [2.45, 2.75) is 52.5 Å². The van der Waals surface area contributed by atoms with Gasteiger partial charge in [-0.1, -0.05) is 39.0 Å². The quantitative estimate of drug-likeness (QED) is 0.766. The van der Waals surface area contributed by atoms with E-state index in [0.717, 1.165) is 22.8 Å². The third kappa shape index (κ3) is 3.34. The third-order valence-corrected chi connectivity index (χ3v) is 5.53. The molecule has 0 fully saturated rings. The van der Waals surface area contributed by atoms with Crippen LogP contribution < -0.4 is 10.9 Å². The highest BCUT2D eigenvalue weighted by atomic mass is 32.1. The zero-order chi connectivity index (χ0) is 17.5. The average Bonchev–Trinajstić information content (AvgIpc) is 3.12. The van der Waals surface area contributed by atoms with E-state index >= 15 is 0 Å². The minimum Gasteiger partial charge on any atom is -0.351 e. The summed E-state index contributed by atoms with van der Waals surface area (Å²) in [4.78, 5) is 21.9. The van der Waals surface area contributed by atoms with Crippen molar-refractivity contribution >= 4 is 32.8 Å². The second-order valence-electron chi connectivity index (χ2n) is 6.73. The van der Waals surface area contributed by atoms with Gasteiger partial charge < -0.3 is 5.32 Å². The van der Waals surface area contributed by atoms with Crippen LogP contribution >= 0.6 is 22.7 Å². The molecular weight excluding hydrogens is 342 g/mol. The van der Waals surface area contributed by atoms with Gasteiger partial charge in [-0.15, -0.1) is 16.4 Å². The molecule has 1 atom stereocenters. The molecule has 1 unspecified atom stereocenters. The summed E-state index contributed by atoms with van der Waals surface area (Å²) < 4.78 is 1.35. The molecular formula is C16H21N5OS2. The van der Waals surface area contributed by atoms with E-state index in [2.05, 4.69) is 41.6 Å². The summed E-state index contributed by atoms with van der Waals surface area (Å²) in [5.41, 5.74) is 1.78. The fraction of sp³-hybridized carbons (Fsp3) is 0.500.